The van der Waals surface area contributed by atoms with Gasteiger partial charge in [0.1, 0.15) is 5.69 Å². The van der Waals surface area contributed by atoms with E-state index in [4.69, 9.17) is 11.6 Å². The topological polar surface area (TPSA) is 4.93 Å². The van der Waals surface area contributed by atoms with Crippen molar-refractivity contribution in [2.45, 2.75) is 6.18 Å². The summed E-state index contributed by atoms with van der Waals surface area (Å²) in [5.74, 6) is 0. The zero-order valence-corrected chi connectivity index (χ0v) is 10.4. The number of aromatic nitrogens is 1. The first-order valence-electron chi connectivity index (χ1n) is 4.33. The lowest BCUT2D eigenvalue weighted by Crippen LogP contribution is -2.11. The van der Waals surface area contributed by atoms with Crippen molar-refractivity contribution in [2.75, 3.05) is 0 Å². The van der Waals surface area contributed by atoms with Crippen LogP contribution >= 0.6 is 27.5 Å². The molecule has 0 aliphatic heterocycles. The number of hydrogen-bond acceptors (Lipinski definition) is 0. The highest BCUT2D eigenvalue weighted by molar-refractivity contribution is 9.10. The summed E-state index contributed by atoms with van der Waals surface area (Å²) in [6.07, 6.45) is -4.41. The molecule has 0 aliphatic carbocycles. The summed E-state index contributed by atoms with van der Waals surface area (Å²) in [7, 11) is 1.35. The smallest absolute Gasteiger partial charge is 0.338 e. The van der Waals surface area contributed by atoms with Gasteiger partial charge in [0.05, 0.1) is 15.0 Å². The molecule has 1 heterocycles. The highest BCUT2D eigenvalue weighted by Gasteiger charge is 2.38. The molecule has 86 valence electrons. The summed E-state index contributed by atoms with van der Waals surface area (Å²) in [5, 5.41) is 0.763. The van der Waals surface area contributed by atoms with E-state index < -0.39 is 11.9 Å². The molecule has 1 nitrogen and oxygen atoms in total. The van der Waals surface area contributed by atoms with Crippen molar-refractivity contribution in [1.29, 1.82) is 0 Å². The van der Waals surface area contributed by atoms with Gasteiger partial charge in [0.25, 0.3) is 0 Å². The zero-order chi connectivity index (χ0) is 12.1. The minimum atomic E-state index is -4.41. The van der Waals surface area contributed by atoms with E-state index in [2.05, 4.69) is 15.9 Å². The first kappa shape index (κ1) is 11.8. The maximum absolute atomic E-state index is 12.8. The van der Waals surface area contributed by atoms with Crippen LogP contribution in [-0.4, -0.2) is 4.57 Å². The molecule has 0 unspecified atom stereocenters. The van der Waals surface area contributed by atoms with Crippen molar-refractivity contribution in [3.05, 3.63) is 33.4 Å². The lowest BCUT2D eigenvalue weighted by Gasteiger charge is -2.08. The monoisotopic (exact) mass is 311 g/mol. The van der Waals surface area contributed by atoms with Gasteiger partial charge in [0.2, 0.25) is 0 Å². The van der Waals surface area contributed by atoms with Crippen LogP contribution in [0.5, 0.6) is 0 Å². The highest BCUT2D eigenvalue weighted by Crippen LogP contribution is 2.42. The molecule has 0 bridgehead atoms. The fraction of sp³-hybridized carbons (Fsp3) is 0.200. The van der Waals surface area contributed by atoms with Crippen molar-refractivity contribution in [3.63, 3.8) is 0 Å². The van der Waals surface area contributed by atoms with Crippen LogP contribution in [0.4, 0.5) is 13.2 Å². The molecule has 16 heavy (non-hydrogen) atoms. The van der Waals surface area contributed by atoms with Gasteiger partial charge in [-0.15, -0.1) is 0 Å². The molecule has 0 saturated carbocycles. The molecule has 0 saturated heterocycles. The number of halogens is 5. The van der Waals surface area contributed by atoms with E-state index >= 15 is 0 Å². The van der Waals surface area contributed by atoms with Crippen molar-refractivity contribution in [2.24, 2.45) is 7.05 Å². The number of benzene rings is 1. The Bertz CT molecular complexity index is 559. The average Bonchev–Trinajstić information content (AvgIpc) is 2.39. The molecule has 2 rings (SSSR count). The van der Waals surface area contributed by atoms with Crippen molar-refractivity contribution in [1.82, 2.24) is 4.57 Å². The molecular formula is C10H6BrClF3N. The van der Waals surface area contributed by atoms with Gasteiger partial charge < -0.3 is 4.57 Å². The summed E-state index contributed by atoms with van der Waals surface area (Å²) >= 11 is 8.86. The van der Waals surface area contributed by atoms with Gasteiger partial charge >= 0.3 is 6.18 Å². The van der Waals surface area contributed by atoms with E-state index in [1.165, 1.54) is 7.05 Å². The van der Waals surface area contributed by atoms with Crippen LogP contribution in [0.15, 0.2) is 22.7 Å². The van der Waals surface area contributed by atoms with Crippen LogP contribution in [0.3, 0.4) is 0 Å². The second-order valence-corrected chi connectivity index (χ2v) is 4.56. The number of aryl methyl sites for hydroxylation is 1. The van der Waals surface area contributed by atoms with Crippen LogP contribution < -0.4 is 0 Å². The summed E-state index contributed by atoms with van der Waals surface area (Å²) in [4.78, 5) is 0. The molecule has 0 amide bonds. The van der Waals surface area contributed by atoms with E-state index in [9.17, 15) is 13.2 Å². The second kappa shape index (κ2) is 3.67. The van der Waals surface area contributed by atoms with E-state index in [0.717, 1.165) is 4.57 Å². The lowest BCUT2D eigenvalue weighted by atomic mass is 10.2. The van der Waals surface area contributed by atoms with Gasteiger partial charge in [-0.3, -0.25) is 0 Å². The first-order valence-corrected chi connectivity index (χ1v) is 5.50. The van der Waals surface area contributed by atoms with Crippen LogP contribution in [-0.2, 0) is 13.2 Å². The van der Waals surface area contributed by atoms with Crippen LogP contribution in [0, 0.1) is 0 Å². The molecule has 6 heteroatoms. The third-order valence-electron chi connectivity index (χ3n) is 2.37. The normalized spacial score (nSPS) is 12.4. The molecule has 2 aromatic rings. The van der Waals surface area contributed by atoms with Gasteiger partial charge in [0.15, 0.2) is 0 Å². The van der Waals surface area contributed by atoms with Crippen molar-refractivity contribution < 1.29 is 13.2 Å². The molecule has 0 fully saturated rings. The summed E-state index contributed by atoms with van der Waals surface area (Å²) < 4.78 is 39.4. The maximum Gasteiger partial charge on any atom is 0.432 e. The van der Waals surface area contributed by atoms with Crippen molar-refractivity contribution in [3.8, 4) is 0 Å². The Morgan fingerprint density at radius 2 is 1.94 bits per heavy atom. The van der Waals surface area contributed by atoms with E-state index in [0.29, 0.717) is 15.9 Å². The molecule has 0 spiro atoms. The van der Waals surface area contributed by atoms with Crippen molar-refractivity contribution >= 4 is 38.4 Å². The Morgan fingerprint density at radius 1 is 1.31 bits per heavy atom. The van der Waals surface area contributed by atoms with Gasteiger partial charge in [-0.1, -0.05) is 23.7 Å². The zero-order valence-electron chi connectivity index (χ0n) is 8.07. The number of nitrogens with zero attached hydrogens (tertiary/aromatic N) is 1. The van der Waals surface area contributed by atoms with Gasteiger partial charge in [-0.25, -0.2) is 0 Å². The predicted octanol–water partition coefficient (Wildman–Crippen LogP) is 4.61. The summed E-state index contributed by atoms with van der Waals surface area (Å²) in [5.41, 5.74) is -0.348. The fourth-order valence-corrected chi connectivity index (χ4v) is 2.85. The van der Waals surface area contributed by atoms with E-state index in [1.807, 2.05) is 0 Å². The third-order valence-corrected chi connectivity index (χ3v) is 3.48. The molecule has 0 N–H and O–H groups in total. The predicted molar refractivity (Wildman–Crippen MR) is 60.6 cm³/mol. The fourth-order valence-electron chi connectivity index (χ4n) is 1.73. The molecule has 0 atom stereocenters. The lowest BCUT2D eigenvalue weighted by molar-refractivity contribution is -0.143. The van der Waals surface area contributed by atoms with Gasteiger partial charge in [0, 0.05) is 12.4 Å². The average molecular weight is 313 g/mol. The number of alkyl halides is 3. The standard InChI is InChI=1S/C10H6BrClF3N/c1-16-8-5(3-2-4-6(8)12)7(11)9(16)10(13,14)15/h2-4H,1H3. The minimum Gasteiger partial charge on any atom is -0.338 e. The minimum absolute atomic E-state index is 0.0278. The number of fused-ring (bicyclic) bond motifs is 1. The Hall–Kier alpha value is -0.680. The summed E-state index contributed by atoms with van der Waals surface area (Å²) in [6.45, 7) is 0. The SMILES string of the molecule is Cn1c(C(F)(F)F)c(Br)c2cccc(Cl)c21. The first-order chi connectivity index (χ1) is 7.34. The molecular weight excluding hydrogens is 306 g/mol. The molecule has 0 radical (unpaired) electrons. The third kappa shape index (κ3) is 1.62. The Balaban J connectivity index is 2.94. The second-order valence-electron chi connectivity index (χ2n) is 3.36. The van der Waals surface area contributed by atoms with Gasteiger partial charge in [-0.2, -0.15) is 13.2 Å². The Kier molecular flexibility index (Phi) is 2.70. The Labute approximate surface area is 103 Å². The quantitative estimate of drug-likeness (QED) is 0.669. The molecule has 1 aromatic carbocycles. The highest BCUT2D eigenvalue weighted by atomic mass is 79.9. The molecule has 0 aliphatic rings. The van der Waals surface area contributed by atoms with Gasteiger partial charge in [-0.05, 0) is 22.0 Å². The van der Waals surface area contributed by atoms with Crippen LogP contribution in [0.25, 0.3) is 10.9 Å². The van der Waals surface area contributed by atoms with E-state index in [-0.39, 0.29) is 4.47 Å². The molecule has 1 aromatic heterocycles. The van der Waals surface area contributed by atoms with E-state index in [1.54, 1.807) is 18.2 Å². The largest absolute Gasteiger partial charge is 0.432 e. The summed E-state index contributed by atoms with van der Waals surface area (Å²) in [6, 6.07) is 4.78. The van der Waals surface area contributed by atoms with Crippen LogP contribution in [0.1, 0.15) is 5.69 Å². The van der Waals surface area contributed by atoms with Crippen LogP contribution in [0.2, 0.25) is 5.02 Å². The Morgan fingerprint density at radius 3 is 2.44 bits per heavy atom. The number of hydrogen-bond donors (Lipinski definition) is 0. The number of rotatable bonds is 0. The number of para-hydroxylation sites is 1. The maximum atomic E-state index is 12.8.